The molecule has 0 aliphatic carbocycles. The minimum absolute atomic E-state index is 0. The molecule has 7 heteroatoms. The normalized spacial score (nSPS) is 16.1. The number of nitrogens with zero attached hydrogens (tertiary/aromatic N) is 2. The van der Waals surface area contributed by atoms with Crippen LogP contribution in [0, 0.1) is 5.92 Å². The summed E-state index contributed by atoms with van der Waals surface area (Å²) in [5.41, 5.74) is 2.39. The van der Waals surface area contributed by atoms with E-state index in [1.165, 1.54) is 5.56 Å². The second kappa shape index (κ2) is 13.2. The van der Waals surface area contributed by atoms with Gasteiger partial charge in [-0.25, -0.2) is 4.99 Å². The first-order valence-corrected chi connectivity index (χ1v) is 10.6. The number of amides is 1. The van der Waals surface area contributed by atoms with Crippen molar-refractivity contribution in [2.45, 2.75) is 26.3 Å². The number of carbonyl (C=O) groups is 1. The molecule has 2 aromatic carbocycles. The molecule has 2 N–H and O–H groups in total. The van der Waals surface area contributed by atoms with Gasteiger partial charge in [-0.2, -0.15) is 0 Å². The highest BCUT2D eigenvalue weighted by Crippen LogP contribution is 2.18. The molecule has 0 spiro atoms. The average Bonchev–Trinajstić information content (AvgIpc) is 3.14. The number of guanidine groups is 1. The Balaban J connectivity index is 0.00000341. The zero-order valence-corrected chi connectivity index (χ0v) is 20.7. The van der Waals surface area contributed by atoms with Gasteiger partial charge in [0.1, 0.15) is 5.75 Å². The summed E-state index contributed by atoms with van der Waals surface area (Å²) in [7, 11) is 1.66. The molecule has 6 nitrogen and oxygen atoms in total. The van der Waals surface area contributed by atoms with E-state index in [0.717, 1.165) is 49.9 Å². The van der Waals surface area contributed by atoms with Crippen molar-refractivity contribution in [2.24, 2.45) is 10.9 Å². The summed E-state index contributed by atoms with van der Waals surface area (Å²) in [4.78, 5) is 19.0. The molecule has 0 radical (unpaired) electrons. The topological polar surface area (TPSA) is 66.0 Å². The number of rotatable bonds is 9. The van der Waals surface area contributed by atoms with Crippen LogP contribution < -0.4 is 15.4 Å². The predicted octanol–water partition coefficient (Wildman–Crippen LogP) is 3.46. The van der Waals surface area contributed by atoms with E-state index in [-0.39, 0.29) is 29.9 Å². The van der Waals surface area contributed by atoms with Gasteiger partial charge in [0, 0.05) is 38.5 Å². The first-order valence-electron chi connectivity index (χ1n) is 10.6. The second-order valence-electron chi connectivity index (χ2n) is 7.57. The van der Waals surface area contributed by atoms with Gasteiger partial charge in [0.2, 0.25) is 5.91 Å². The van der Waals surface area contributed by atoms with Crippen LogP contribution in [0.5, 0.6) is 5.75 Å². The smallest absolute Gasteiger partial charge is 0.223 e. The minimum Gasteiger partial charge on any atom is -0.497 e. The van der Waals surface area contributed by atoms with Crippen LogP contribution in [-0.2, 0) is 17.8 Å². The highest BCUT2D eigenvalue weighted by atomic mass is 127. The van der Waals surface area contributed by atoms with Crippen LogP contribution in [0.15, 0.2) is 59.6 Å². The summed E-state index contributed by atoms with van der Waals surface area (Å²) in [6.45, 7) is 5.76. The van der Waals surface area contributed by atoms with E-state index in [2.05, 4.69) is 34.7 Å². The highest BCUT2D eigenvalue weighted by molar-refractivity contribution is 14.0. The molecule has 31 heavy (non-hydrogen) atoms. The van der Waals surface area contributed by atoms with Gasteiger partial charge in [-0.15, -0.1) is 24.0 Å². The Bertz CT molecular complexity index is 827. The maximum atomic E-state index is 12.4. The third-order valence-corrected chi connectivity index (χ3v) is 5.29. The zero-order valence-electron chi connectivity index (χ0n) is 18.3. The maximum Gasteiger partial charge on any atom is 0.223 e. The van der Waals surface area contributed by atoms with Gasteiger partial charge >= 0.3 is 0 Å². The summed E-state index contributed by atoms with van der Waals surface area (Å²) >= 11 is 0. The lowest BCUT2D eigenvalue weighted by molar-refractivity contribution is -0.127. The van der Waals surface area contributed by atoms with Crippen molar-refractivity contribution >= 4 is 35.8 Å². The highest BCUT2D eigenvalue weighted by Gasteiger charge is 2.29. The molecule has 2 aromatic rings. The first-order chi connectivity index (χ1) is 14.7. The fraction of sp³-hybridized carbons (Fsp3) is 0.417. The van der Waals surface area contributed by atoms with Crippen LogP contribution in [0.1, 0.15) is 24.5 Å². The number of likely N-dealkylation sites (tertiary alicyclic amines) is 1. The third-order valence-electron chi connectivity index (χ3n) is 5.29. The molecule has 0 saturated carbocycles. The van der Waals surface area contributed by atoms with Crippen LogP contribution >= 0.6 is 24.0 Å². The Morgan fingerprint density at radius 1 is 1.10 bits per heavy atom. The SMILES string of the molecule is CCNC(=NCc1ccc(OC)cc1)NCC1CC(=O)N(CCc2ccccc2)C1.I. The molecular formula is C24H33IN4O2. The molecule has 1 atom stereocenters. The summed E-state index contributed by atoms with van der Waals surface area (Å²) in [6.07, 6.45) is 1.50. The van der Waals surface area contributed by atoms with E-state index in [4.69, 9.17) is 4.74 Å². The molecule has 1 aliphatic heterocycles. The minimum atomic E-state index is 0. The number of aliphatic imine (C=N–C) groups is 1. The van der Waals surface area contributed by atoms with Crippen LogP contribution in [0.4, 0.5) is 0 Å². The molecular weight excluding hydrogens is 503 g/mol. The number of benzene rings is 2. The predicted molar refractivity (Wildman–Crippen MR) is 136 cm³/mol. The van der Waals surface area contributed by atoms with Crippen molar-refractivity contribution in [3.05, 3.63) is 65.7 Å². The summed E-state index contributed by atoms with van der Waals surface area (Å²) in [5, 5.41) is 6.69. The molecule has 0 bridgehead atoms. The van der Waals surface area contributed by atoms with Gasteiger partial charge in [0.25, 0.3) is 0 Å². The first kappa shape index (κ1) is 25.0. The van der Waals surface area contributed by atoms with Crippen molar-refractivity contribution in [2.75, 3.05) is 33.3 Å². The summed E-state index contributed by atoms with van der Waals surface area (Å²) in [6, 6.07) is 18.3. The lowest BCUT2D eigenvalue weighted by Gasteiger charge is -2.18. The van der Waals surface area contributed by atoms with Crippen molar-refractivity contribution in [3.63, 3.8) is 0 Å². The van der Waals surface area contributed by atoms with E-state index in [0.29, 0.717) is 18.9 Å². The van der Waals surface area contributed by atoms with Gasteiger partial charge in [0.05, 0.1) is 13.7 Å². The molecule has 168 valence electrons. The Hall–Kier alpha value is -2.29. The molecule has 1 unspecified atom stereocenters. The largest absolute Gasteiger partial charge is 0.497 e. The van der Waals surface area contributed by atoms with E-state index in [1.807, 2.05) is 47.4 Å². The van der Waals surface area contributed by atoms with E-state index in [9.17, 15) is 4.79 Å². The van der Waals surface area contributed by atoms with Crippen LogP contribution in [0.2, 0.25) is 0 Å². The van der Waals surface area contributed by atoms with E-state index >= 15 is 0 Å². The molecule has 0 aromatic heterocycles. The van der Waals surface area contributed by atoms with Gasteiger partial charge in [-0.05, 0) is 36.6 Å². The summed E-state index contributed by atoms with van der Waals surface area (Å²) in [5.74, 6) is 2.18. The van der Waals surface area contributed by atoms with Gasteiger partial charge < -0.3 is 20.3 Å². The maximum absolute atomic E-state index is 12.4. The quantitative estimate of drug-likeness (QED) is 0.293. The number of methoxy groups -OCH3 is 1. The Kier molecular flexibility index (Phi) is 10.6. The third kappa shape index (κ3) is 8.05. The lowest BCUT2D eigenvalue weighted by Crippen LogP contribution is -2.40. The van der Waals surface area contributed by atoms with Crippen LogP contribution in [-0.4, -0.2) is 50.1 Å². The monoisotopic (exact) mass is 536 g/mol. The van der Waals surface area contributed by atoms with Crippen molar-refractivity contribution in [1.82, 2.24) is 15.5 Å². The molecule has 1 heterocycles. The van der Waals surface area contributed by atoms with Crippen molar-refractivity contribution in [3.8, 4) is 5.75 Å². The van der Waals surface area contributed by atoms with Crippen molar-refractivity contribution in [1.29, 1.82) is 0 Å². The Morgan fingerprint density at radius 2 is 1.84 bits per heavy atom. The van der Waals surface area contributed by atoms with Gasteiger partial charge in [-0.3, -0.25) is 4.79 Å². The lowest BCUT2D eigenvalue weighted by atomic mass is 10.1. The standard InChI is InChI=1S/C24H32N4O2.HI/c1-3-25-24(26-16-20-9-11-22(30-2)12-10-20)27-17-21-15-23(29)28(18-21)14-13-19-7-5-4-6-8-19;/h4-12,21H,3,13-18H2,1-2H3,(H2,25,26,27);1H. The number of hydrogen-bond donors (Lipinski definition) is 2. The molecule has 3 rings (SSSR count). The Morgan fingerprint density at radius 3 is 2.52 bits per heavy atom. The van der Waals surface area contributed by atoms with Crippen molar-refractivity contribution < 1.29 is 9.53 Å². The average molecular weight is 536 g/mol. The van der Waals surface area contributed by atoms with Crippen LogP contribution in [0.25, 0.3) is 0 Å². The number of ether oxygens (including phenoxy) is 1. The zero-order chi connectivity index (χ0) is 21.2. The molecule has 1 saturated heterocycles. The fourth-order valence-electron chi connectivity index (χ4n) is 3.60. The van der Waals surface area contributed by atoms with E-state index in [1.54, 1.807) is 7.11 Å². The van der Waals surface area contributed by atoms with Crippen LogP contribution in [0.3, 0.4) is 0 Å². The second-order valence-corrected chi connectivity index (χ2v) is 7.57. The van der Waals surface area contributed by atoms with E-state index < -0.39 is 0 Å². The molecule has 1 aliphatic rings. The van der Waals surface area contributed by atoms with Gasteiger partial charge in [0.15, 0.2) is 5.96 Å². The fourth-order valence-corrected chi connectivity index (χ4v) is 3.60. The number of halogens is 1. The number of nitrogens with one attached hydrogen (secondary N) is 2. The molecule has 1 amide bonds. The Labute approximate surface area is 202 Å². The number of carbonyl (C=O) groups excluding carboxylic acids is 1. The summed E-state index contributed by atoms with van der Waals surface area (Å²) < 4.78 is 5.20. The van der Waals surface area contributed by atoms with Gasteiger partial charge in [-0.1, -0.05) is 42.5 Å². The number of hydrogen-bond acceptors (Lipinski definition) is 3. The molecule has 1 fully saturated rings.